The van der Waals surface area contributed by atoms with Gasteiger partial charge in [-0.3, -0.25) is 4.90 Å². The van der Waals surface area contributed by atoms with E-state index in [9.17, 15) is 14.4 Å². The Labute approximate surface area is 183 Å². The summed E-state index contributed by atoms with van der Waals surface area (Å²) in [5.41, 5.74) is 0.868. The molecule has 2 saturated heterocycles. The number of carbonyl (C=O) groups excluding carboxylic acids is 3. The van der Waals surface area contributed by atoms with Crippen LogP contribution in [0.2, 0.25) is 0 Å². The zero-order valence-electron chi connectivity index (χ0n) is 18.7. The van der Waals surface area contributed by atoms with Gasteiger partial charge in [0.25, 0.3) is 0 Å². The first kappa shape index (κ1) is 22.7. The van der Waals surface area contributed by atoms with E-state index in [0.29, 0.717) is 38.5 Å². The summed E-state index contributed by atoms with van der Waals surface area (Å²) in [6, 6.07) is 6.96. The van der Waals surface area contributed by atoms with Crippen molar-refractivity contribution < 1.29 is 23.9 Å². The Morgan fingerprint density at radius 1 is 1.23 bits per heavy atom. The molecule has 0 spiro atoms. The number of hydrogen-bond acceptors (Lipinski definition) is 5. The maximum absolute atomic E-state index is 12.7. The first-order valence-corrected chi connectivity index (χ1v) is 10.7. The van der Waals surface area contributed by atoms with Crippen LogP contribution in [0.3, 0.4) is 0 Å². The molecule has 2 heterocycles. The Hall–Kier alpha value is -2.97. The lowest BCUT2D eigenvalue weighted by atomic mass is 9.98. The van der Waals surface area contributed by atoms with Gasteiger partial charge in [-0.1, -0.05) is 0 Å². The average molecular weight is 433 g/mol. The largest absolute Gasteiger partial charge is 0.447 e. The summed E-state index contributed by atoms with van der Waals surface area (Å²) in [5.74, 6) is 0.195. The van der Waals surface area contributed by atoms with Gasteiger partial charge < -0.3 is 24.6 Å². The number of anilines is 2. The minimum Gasteiger partial charge on any atom is -0.447 e. The monoisotopic (exact) mass is 432 g/mol. The molecule has 4 amide bonds. The van der Waals surface area contributed by atoms with Crippen molar-refractivity contribution in [1.82, 2.24) is 9.80 Å². The van der Waals surface area contributed by atoms with E-state index in [4.69, 9.17) is 9.47 Å². The number of urea groups is 1. The van der Waals surface area contributed by atoms with Gasteiger partial charge in [0.05, 0.1) is 6.54 Å². The van der Waals surface area contributed by atoms with E-state index in [1.165, 1.54) is 0 Å². The van der Waals surface area contributed by atoms with Gasteiger partial charge in [0.15, 0.2) is 0 Å². The number of cyclic esters (lactones) is 1. The standard InChI is InChI=1S/C22H32N4O5/c1-22(2,3)31-20(28)24(4)14-16-6-5-11-25(15-16)19(27)23-17-7-9-18(10-8-17)26-12-13-30-21(26)29/h7-10,16H,5-6,11-15H2,1-4H3,(H,23,27). The van der Waals surface area contributed by atoms with Gasteiger partial charge in [-0.15, -0.1) is 0 Å². The minimum absolute atomic E-state index is 0.169. The molecule has 3 rings (SSSR count). The Morgan fingerprint density at radius 2 is 1.94 bits per heavy atom. The maximum Gasteiger partial charge on any atom is 0.414 e. The lowest BCUT2D eigenvalue weighted by Crippen LogP contribution is -2.46. The lowest BCUT2D eigenvalue weighted by molar-refractivity contribution is 0.0253. The molecule has 0 saturated carbocycles. The maximum atomic E-state index is 12.7. The van der Waals surface area contributed by atoms with Gasteiger partial charge in [-0.2, -0.15) is 0 Å². The van der Waals surface area contributed by atoms with Crippen molar-refractivity contribution in [2.75, 3.05) is 50.1 Å². The highest BCUT2D eigenvalue weighted by atomic mass is 16.6. The third-order valence-electron chi connectivity index (χ3n) is 5.23. The van der Waals surface area contributed by atoms with Crippen LogP contribution in [0, 0.1) is 5.92 Å². The third kappa shape index (κ3) is 6.26. The van der Waals surface area contributed by atoms with Crippen LogP contribution in [-0.4, -0.2) is 73.5 Å². The molecule has 31 heavy (non-hydrogen) atoms. The number of nitrogens with one attached hydrogen (secondary N) is 1. The van der Waals surface area contributed by atoms with E-state index in [1.54, 1.807) is 46.0 Å². The third-order valence-corrected chi connectivity index (χ3v) is 5.23. The van der Waals surface area contributed by atoms with Gasteiger partial charge >= 0.3 is 18.2 Å². The Bertz CT molecular complexity index is 805. The highest BCUT2D eigenvalue weighted by Crippen LogP contribution is 2.23. The average Bonchev–Trinajstić information content (AvgIpc) is 3.13. The van der Waals surface area contributed by atoms with E-state index in [0.717, 1.165) is 18.5 Å². The van der Waals surface area contributed by atoms with Crippen molar-refractivity contribution in [3.63, 3.8) is 0 Å². The fourth-order valence-electron chi connectivity index (χ4n) is 3.76. The second-order valence-electron chi connectivity index (χ2n) is 9.06. The summed E-state index contributed by atoms with van der Waals surface area (Å²) >= 11 is 0. The molecule has 1 aromatic rings. The molecule has 2 aliphatic rings. The molecular weight excluding hydrogens is 400 g/mol. The summed E-state index contributed by atoms with van der Waals surface area (Å²) in [7, 11) is 1.73. The van der Waals surface area contributed by atoms with Gasteiger partial charge in [-0.05, 0) is 63.8 Å². The summed E-state index contributed by atoms with van der Waals surface area (Å²) in [6.45, 7) is 8.23. The topological polar surface area (TPSA) is 91.4 Å². The summed E-state index contributed by atoms with van der Waals surface area (Å²) in [5, 5.41) is 2.92. The molecule has 0 aromatic heterocycles. The number of rotatable bonds is 4. The Morgan fingerprint density at radius 3 is 2.55 bits per heavy atom. The lowest BCUT2D eigenvalue weighted by Gasteiger charge is -2.35. The molecule has 0 aliphatic carbocycles. The first-order valence-electron chi connectivity index (χ1n) is 10.7. The molecule has 2 fully saturated rings. The highest BCUT2D eigenvalue weighted by Gasteiger charge is 2.28. The van der Waals surface area contributed by atoms with E-state index < -0.39 is 5.60 Å². The molecule has 0 bridgehead atoms. The van der Waals surface area contributed by atoms with Crippen molar-refractivity contribution in [2.24, 2.45) is 5.92 Å². The van der Waals surface area contributed by atoms with Gasteiger partial charge in [-0.25, -0.2) is 14.4 Å². The second-order valence-corrected chi connectivity index (χ2v) is 9.06. The van der Waals surface area contributed by atoms with Crippen LogP contribution >= 0.6 is 0 Å². The number of carbonyl (C=O) groups is 3. The zero-order valence-corrected chi connectivity index (χ0v) is 18.7. The van der Waals surface area contributed by atoms with Gasteiger partial charge in [0.2, 0.25) is 0 Å². The van der Waals surface area contributed by atoms with Crippen LogP contribution in [0.4, 0.5) is 25.8 Å². The Kier molecular flexibility index (Phi) is 6.92. The molecule has 9 heteroatoms. The van der Waals surface area contributed by atoms with Crippen molar-refractivity contribution in [3.05, 3.63) is 24.3 Å². The molecule has 1 atom stereocenters. The van der Waals surface area contributed by atoms with Crippen LogP contribution in [0.1, 0.15) is 33.6 Å². The number of likely N-dealkylation sites (tertiary alicyclic amines) is 1. The van der Waals surface area contributed by atoms with Gasteiger partial charge in [0, 0.05) is 38.1 Å². The van der Waals surface area contributed by atoms with Crippen molar-refractivity contribution in [1.29, 1.82) is 0 Å². The molecule has 0 radical (unpaired) electrons. The SMILES string of the molecule is CN(CC1CCCN(C(=O)Nc2ccc(N3CCOC3=O)cc2)C1)C(=O)OC(C)(C)C. The second kappa shape index (κ2) is 9.45. The van der Waals surface area contributed by atoms with Crippen molar-refractivity contribution >= 4 is 29.6 Å². The van der Waals surface area contributed by atoms with E-state index >= 15 is 0 Å². The molecular formula is C22H32N4O5. The smallest absolute Gasteiger partial charge is 0.414 e. The predicted molar refractivity (Wildman–Crippen MR) is 117 cm³/mol. The normalized spacial score (nSPS) is 19.1. The predicted octanol–water partition coefficient (Wildman–Crippen LogP) is 3.75. The molecule has 1 aromatic carbocycles. The van der Waals surface area contributed by atoms with Crippen molar-refractivity contribution in [3.8, 4) is 0 Å². The summed E-state index contributed by atoms with van der Waals surface area (Å²) in [6.07, 6.45) is 1.14. The quantitative estimate of drug-likeness (QED) is 0.782. The van der Waals surface area contributed by atoms with Crippen LogP contribution in [0.25, 0.3) is 0 Å². The Balaban J connectivity index is 1.51. The van der Waals surface area contributed by atoms with Crippen molar-refractivity contribution in [2.45, 2.75) is 39.2 Å². The number of nitrogens with zero attached hydrogens (tertiary/aromatic N) is 3. The van der Waals surface area contributed by atoms with Crippen LogP contribution in [0.15, 0.2) is 24.3 Å². The van der Waals surface area contributed by atoms with E-state index in [1.807, 2.05) is 20.8 Å². The van der Waals surface area contributed by atoms with Crippen LogP contribution in [-0.2, 0) is 9.47 Å². The number of amides is 4. The molecule has 9 nitrogen and oxygen atoms in total. The van der Waals surface area contributed by atoms with Gasteiger partial charge in [0.1, 0.15) is 12.2 Å². The first-order chi connectivity index (χ1) is 14.6. The van der Waals surface area contributed by atoms with Crippen LogP contribution in [0.5, 0.6) is 0 Å². The van der Waals surface area contributed by atoms with E-state index in [2.05, 4.69) is 5.32 Å². The molecule has 170 valence electrons. The van der Waals surface area contributed by atoms with Crippen LogP contribution < -0.4 is 10.2 Å². The molecule has 1 N–H and O–H groups in total. The number of benzene rings is 1. The summed E-state index contributed by atoms with van der Waals surface area (Å²) < 4.78 is 10.4. The number of hydrogen-bond donors (Lipinski definition) is 1. The minimum atomic E-state index is -0.533. The van der Waals surface area contributed by atoms with E-state index in [-0.39, 0.29) is 24.1 Å². The number of piperidine rings is 1. The molecule has 1 unspecified atom stereocenters. The fourth-order valence-corrected chi connectivity index (χ4v) is 3.76. The zero-order chi connectivity index (χ0) is 22.6. The summed E-state index contributed by atoms with van der Waals surface area (Å²) in [4.78, 5) is 41.5. The number of ether oxygens (including phenoxy) is 2. The fraction of sp³-hybridized carbons (Fsp3) is 0.591. The highest BCUT2D eigenvalue weighted by molar-refractivity contribution is 5.91. The molecule has 2 aliphatic heterocycles.